The van der Waals surface area contributed by atoms with Gasteiger partial charge in [0, 0.05) is 26.1 Å². The average molecular weight is 327 g/mol. The molecule has 0 radical (unpaired) electrons. The van der Waals surface area contributed by atoms with Crippen molar-refractivity contribution in [3.05, 3.63) is 30.1 Å². The second-order valence-electron chi connectivity index (χ2n) is 7.21. The highest BCUT2D eigenvalue weighted by molar-refractivity contribution is 5.77. The quantitative estimate of drug-likeness (QED) is 0.938. The number of carbonyl (C=O) groups is 1. The van der Waals surface area contributed by atoms with Gasteiger partial charge in [0.2, 0.25) is 5.91 Å². The number of methoxy groups -OCH3 is 1. The molecule has 0 atom stereocenters. The summed E-state index contributed by atoms with van der Waals surface area (Å²) in [5, 5.41) is 0. The molecule has 1 saturated carbocycles. The molecule has 5 heteroatoms. The second-order valence-corrected chi connectivity index (χ2v) is 7.21. The van der Waals surface area contributed by atoms with Crippen LogP contribution in [-0.4, -0.2) is 46.6 Å². The summed E-state index contributed by atoms with van der Waals surface area (Å²) in [4.78, 5) is 22.7. The molecule has 128 valence electrons. The second kappa shape index (κ2) is 6.20. The third-order valence-corrected chi connectivity index (χ3v) is 5.81. The van der Waals surface area contributed by atoms with E-state index < -0.39 is 0 Å². The van der Waals surface area contributed by atoms with Crippen LogP contribution < -0.4 is 0 Å². The maximum Gasteiger partial charge on any atom is 0.225 e. The number of para-hydroxylation sites is 2. The molecular weight excluding hydrogens is 302 g/mol. The van der Waals surface area contributed by atoms with E-state index in [1.165, 1.54) is 6.42 Å². The van der Waals surface area contributed by atoms with Gasteiger partial charge in [0.25, 0.3) is 0 Å². The number of piperidine rings is 1. The molecule has 0 unspecified atom stereocenters. The Hall–Kier alpha value is -1.88. The largest absolute Gasteiger partial charge is 0.378 e. The molecule has 2 aromatic rings. The van der Waals surface area contributed by atoms with Crippen molar-refractivity contribution < 1.29 is 9.53 Å². The highest BCUT2D eigenvalue weighted by Crippen LogP contribution is 2.39. The van der Waals surface area contributed by atoms with Gasteiger partial charge in [-0.3, -0.25) is 4.79 Å². The molecule has 2 heterocycles. The van der Waals surface area contributed by atoms with Crippen LogP contribution in [0.3, 0.4) is 0 Å². The number of nitrogens with one attached hydrogen (secondary N) is 1. The van der Waals surface area contributed by atoms with Crippen molar-refractivity contribution in [2.24, 2.45) is 0 Å². The number of hydrogen-bond acceptors (Lipinski definition) is 3. The number of fused-ring (bicyclic) bond motifs is 1. The number of rotatable bonds is 4. The van der Waals surface area contributed by atoms with Gasteiger partial charge < -0.3 is 14.6 Å². The van der Waals surface area contributed by atoms with Gasteiger partial charge in [0.05, 0.1) is 23.1 Å². The van der Waals surface area contributed by atoms with Crippen LogP contribution in [-0.2, 0) is 9.53 Å². The Kier molecular flexibility index (Phi) is 4.04. The van der Waals surface area contributed by atoms with Crippen molar-refractivity contribution in [2.75, 3.05) is 20.2 Å². The number of amides is 1. The molecule has 1 aromatic heterocycles. The Morgan fingerprint density at radius 3 is 2.71 bits per heavy atom. The summed E-state index contributed by atoms with van der Waals surface area (Å²) in [7, 11) is 1.74. The maximum atomic E-state index is 12.6. The minimum absolute atomic E-state index is 0.174. The van der Waals surface area contributed by atoms with E-state index in [1.54, 1.807) is 7.11 Å². The number of carbonyl (C=O) groups excluding carboxylic acids is 1. The molecule has 1 saturated heterocycles. The van der Waals surface area contributed by atoms with Crippen LogP contribution in [0.1, 0.15) is 50.3 Å². The first-order valence-electron chi connectivity index (χ1n) is 8.97. The number of H-pyrrole nitrogens is 1. The number of hydrogen-bond donors (Lipinski definition) is 1. The molecule has 0 bridgehead atoms. The third-order valence-electron chi connectivity index (χ3n) is 5.81. The van der Waals surface area contributed by atoms with Crippen LogP contribution >= 0.6 is 0 Å². The van der Waals surface area contributed by atoms with Crippen LogP contribution in [0.25, 0.3) is 11.0 Å². The Bertz CT molecular complexity index is 689. The Morgan fingerprint density at radius 1 is 1.33 bits per heavy atom. The van der Waals surface area contributed by atoms with Crippen molar-refractivity contribution in [3.63, 3.8) is 0 Å². The molecule has 1 N–H and O–H groups in total. The van der Waals surface area contributed by atoms with Crippen LogP contribution in [0.2, 0.25) is 0 Å². The lowest BCUT2D eigenvalue weighted by molar-refractivity contribution is -0.145. The van der Waals surface area contributed by atoms with Crippen LogP contribution in [0.5, 0.6) is 0 Å². The molecule has 2 aliphatic rings. The number of likely N-dealkylation sites (tertiary alicyclic amines) is 1. The number of aromatic amines is 1. The van der Waals surface area contributed by atoms with Crippen LogP contribution in [0, 0.1) is 0 Å². The minimum Gasteiger partial charge on any atom is -0.378 e. The van der Waals surface area contributed by atoms with Gasteiger partial charge in [0.15, 0.2) is 0 Å². The van der Waals surface area contributed by atoms with Gasteiger partial charge in [-0.25, -0.2) is 4.98 Å². The molecule has 4 rings (SSSR count). The van der Waals surface area contributed by atoms with Crippen molar-refractivity contribution in [3.8, 4) is 0 Å². The average Bonchev–Trinajstić information content (AvgIpc) is 3.02. The number of nitrogens with zero attached hydrogens (tertiary/aromatic N) is 2. The van der Waals surface area contributed by atoms with Gasteiger partial charge in [-0.15, -0.1) is 0 Å². The standard InChI is InChI=1S/C19H25N3O2/c1-24-19(9-4-10-19)13-17(23)22-11-7-14(8-12-22)18-20-15-5-2-3-6-16(15)21-18/h2-3,5-6,14H,4,7-13H2,1H3,(H,20,21). The van der Waals surface area contributed by atoms with Crippen molar-refractivity contribution in [1.29, 1.82) is 0 Å². The fourth-order valence-corrected chi connectivity index (χ4v) is 3.98. The molecule has 1 amide bonds. The lowest BCUT2D eigenvalue weighted by atomic mass is 9.77. The van der Waals surface area contributed by atoms with Crippen LogP contribution in [0.15, 0.2) is 24.3 Å². The molecule has 1 aliphatic heterocycles. The monoisotopic (exact) mass is 327 g/mol. The highest BCUT2D eigenvalue weighted by Gasteiger charge is 2.40. The number of benzene rings is 1. The summed E-state index contributed by atoms with van der Waals surface area (Å²) < 4.78 is 5.60. The van der Waals surface area contributed by atoms with E-state index in [0.717, 1.165) is 55.6 Å². The number of imidazole rings is 1. The van der Waals surface area contributed by atoms with Gasteiger partial charge in [-0.1, -0.05) is 12.1 Å². The Morgan fingerprint density at radius 2 is 2.08 bits per heavy atom. The van der Waals surface area contributed by atoms with Gasteiger partial charge in [-0.05, 0) is 44.2 Å². The smallest absolute Gasteiger partial charge is 0.225 e. The summed E-state index contributed by atoms with van der Waals surface area (Å²) in [6.45, 7) is 1.64. The Labute approximate surface area is 142 Å². The summed E-state index contributed by atoms with van der Waals surface area (Å²) in [5.41, 5.74) is 1.95. The fourth-order valence-electron chi connectivity index (χ4n) is 3.98. The molecular formula is C19H25N3O2. The zero-order chi connectivity index (χ0) is 16.6. The SMILES string of the molecule is COC1(CC(=O)N2CCC(c3nc4ccccc4[nH]3)CC2)CCC1. The Balaban J connectivity index is 1.37. The number of aromatic nitrogens is 2. The van der Waals surface area contributed by atoms with E-state index >= 15 is 0 Å². The maximum absolute atomic E-state index is 12.6. The zero-order valence-electron chi connectivity index (χ0n) is 14.3. The molecule has 1 aliphatic carbocycles. The molecule has 5 nitrogen and oxygen atoms in total. The fraction of sp³-hybridized carbons (Fsp3) is 0.579. The molecule has 2 fully saturated rings. The van der Waals surface area contributed by atoms with E-state index in [2.05, 4.69) is 11.1 Å². The first-order valence-corrected chi connectivity index (χ1v) is 8.97. The molecule has 1 aromatic carbocycles. The molecule has 0 spiro atoms. The van der Waals surface area contributed by atoms with Gasteiger partial charge in [-0.2, -0.15) is 0 Å². The van der Waals surface area contributed by atoms with Crippen molar-refractivity contribution in [2.45, 2.75) is 50.0 Å². The van der Waals surface area contributed by atoms with Crippen molar-refractivity contribution >= 4 is 16.9 Å². The summed E-state index contributed by atoms with van der Waals surface area (Å²) in [5.74, 6) is 1.73. The van der Waals surface area contributed by atoms with E-state index in [4.69, 9.17) is 9.72 Å². The minimum atomic E-state index is -0.174. The summed E-state index contributed by atoms with van der Waals surface area (Å²) in [6, 6.07) is 8.14. The van der Waals surface area contributed by atoms with Gasteiger partial charge in [0.1, 0.15) is 5.82 Å². The topological polar surface area (TPSA) is 58.2 Å². The van der Waals surface area contributed by atoms with E-state index in [0.29, 0.717) is 12.3 Å². The predicted molar refractivity (Wildman–Crippen MR) is 92.9 cm³/mol. The summed E-state index contributed by atoms with van der Waals surface area (Å²) >= 11 is 0. The van der Waals surface area contributed by atoms with E-state index in [-0.39, 0.29) is 11.5 Å². The first kappa shape index (κ1) is 15.6. The van der Waals surface area contributed by atoms with Crippen LogP contribution in [0.4, 0.5) is 0 Å². The normalized spacial score (nSPS) is 21.0. The predicted octanol–water partition coefficient (Wildman–Crippen LogP) is 3.23. The lowest BCUT2D eigenvalue weighted by Gasteiger charge is -2.42. The third kappa shape index (κ3) is 2.81. The lowest BCUT2D eigenvalue weighted by Crippen LogP contribution is -2.46. The number of ether oxygens (including phenoxy) is 1. The van der Waals surface area contributed by atoms with Crippen molar-refractivity contribution in [1.82, 2.24) is 14.9 Å². The highest BCUT2D eigenvalue weighted by atomic mass is 16.5. The summed E-state index contributed by atoms with van der Waals surface area (Å²) in [6.07, 6.45) is 5.71. The molecule has 24 heavy (non-hydrogen) atoms. The first-order chi connectivity index (χ1) is 11.7. The van der Waals surface area contributed by atoms with Gasteiger partial charge >= 0.3 is 0 Å². The zero-order valence-corrected chi connectivity index (χ0v) is 14.3. The van der Waals surface area contributed by atoms with E-state index in [1.807, 2.05) is 23.1 Å². The van der Waals surface area contributed by atoms with E-state index in [9.17, 15) is 4.79 Å².